The Balaban J connectivity index is 0.00000320. The van der Waals surface area contributed by atoms with E-state index in [1.165, 1.54) is 5.56 Å². The molecule has 1 aliphatic heterocycles. The fraction of sp³-hybridized carbons (Fsp3) is 0.478. The summed E-state index contributed by atoms with van der Waals surface area (Å²) in [4.78, 5) is 9.12. The highest BCUT2D eigenvalue weighted by Crippen LogP contribution is 2.23. The van der Waals surface area contributed by atoms with E-state index < -0.39 is 0 Å². The van der Waals surface area contributed by atoms with E-state index in [0.29, 0.717) is 19.1 Å². The topological polar surface area (TPSA) is 67.8 Å². The molecular formula is C23H33IN4O2. The van der Waals surface area contributed by atoms with Gasteiger partial charge >= 0.3 is 0 Å². The number of halogens is 1. The third-order valence-corrected chi connectivity index (χ3v) is 4.87. The molecule has 0 amide bonds. The highest BCUT2D eigenvalue weighted by molar-refractivity contribution is 14.0. The summed E-state index contributed by atoms with van der Waals surface area (Å²) in [6.07, 6.45) is 3.75. The van der Waals surface area contributed by atoms with E-state index in [9.17, 15) is 0 Å². The quantitative estimate of drug-likeness (QED) is 0.298. The molecule has 30 heavy (non-hydrogen) atoms. The van der Waals surface area contributed by atoms with Gasteiger partial charge in [-0.3, -0.25) is 4.98 Å². The molecular weight excluding hydrogens is 491 g/mol. The van der Waals surface area contributed by atoms with Crippen LogP contribution in [0.2, 0.25) is 0 Å². The van der Waals surface area contributed by atoms with Gasteiger partial charge in [0.1, 0.15) is 5.75 Å². The first-order chi connectivity index (χ1) is 14.2. The number of nitrogens with zero attached hydrogens (tertiary/aromatic N) is 2. The summed E-state index contributed by atoms with van der Waals surface area (Å²) < 4.78 is 11.6. The van der Waals surface area contributed by atoms with Gasteiger partial charge in [0.15, 0.2) is 5.96 Å². The van der Waals surface area contributed by atoms with Crippen molar-refractivity contribution in [3.63, 3.8) is 0 Å². The van der Waals surface area contributed by atoms with Crippen LogP contribution in [0.5, 0.6) is 5.75 Å². The maximum atomic E-state index is 6.13. The van der Waals surface area contributed by atoms with Gasteiger partial charge in [0, 0.05) is 49.5 Å². The molecule has 0 radical (unpaired) electrons. The molecule has 6 nitrogen and oxygen atoms in total. The zero-order valence-electron chi connectivity index (χ0n) is 17.9. The van der Waals surface area contributed by atoms with Crippen LogP contribution in [0.15, 0.2) is 47.6 Å². The smallest absolute Gasteiger partial charge is 0.191 e. The molecule has 1 atom stereocenters. The Morgan fingerprint density at radius 2 is 2.17 bits per heavy atom. The summed E-state index contributed by atoms with van der Waals surface area (Å²) >= 11 is 0. The minimum Gasteiger partial charge on any atom is -0.493 e. The Labute approximate surface area is 196 Å². The molecule has 1 unspecified atom stereocenters. The summed E-state index contributed by atoms with van der Waals surface area (Å²) in [5.74, 6) is 2.21. The van der Waals surface area contributed by atoms with Crippen molar-refractivity contribution in [1.29, 1.82) is 0 Å². The van der Waals surface area contributed by atoms with E-state index in [4.69, 9.17) is 14.5 Å². The molecule has 2 N–H and O–H groups in total. The lowest BCUT2D eigenvalue weighted by Gasteiger charge is -2.15. The number of benzene rings is 1. The number of ether oxygens (including phenoxy) is 2. The largest absolute Gasteiger partial charge is 0.493 e. The highest BCUT2D eigenvalue weighted by Gasteiger charge is 2.17. The minimum absolute atomic E-state index is 0. The van der Waals surface area contributed by atoms with Crippen LogP contribution in [0.1, 0.15) is 30.2 Å². The Kier molecular flexibility index (Phi) is 10.9. The third kappa shape index (κ3) is 8.10. The van der Waals surface area contributed by atoms with Crippen LogP contribution in [0.3, 0.4) is 0 Å². The van der Waals surface area contributed by atoms with E-state index in [1.54, 1.807) is 0 Å². The summed E-state index contributed by atoms with van der Waals surface area (Å²) in [5.41, 5.74) is 3.35. The SMILES string of the molecule is CCNC(=NCc1ccc(C)cc1OCC1CCOC1)NCCc1ccccn1.I. The molecule has 1 aromatic carbocycles. The van der Waals surface area contributed by atoms with Gasteiger partial charge < -0.3 is 20.1 Å². The molecule has 1 saturated heterocycles. The summed E-state index contributed by atoms with van der Waals surface area (Å²) in [6.45, 7) is 8.65. The number of nitrogens with one attached hydrogen (secondary N) is 2. The molecule has 7 heteroatoms. The number of hydrogen-bond acceptors (Lipinski definition) is 4. The molecule has 0 spiro atoms. The van der Waals surface area contributed by atoms with Gasteiger partial charge in [-0.1, -0.05) is 18.2 Å². The predicted octanol–water partition coefficient (Wildman–Crippen LogP) is 3.72. The lowest BCUT2D eigenvalue weighted by atomic mass is 10.1. The summed E-state index contributed by atoms with van der Waals surface area (Å²) in [5, 5.41) is 6.70. The van der Waals surface area contributed by atoms with Crippen molar-refractivity contribution >= 4 is 29.9 Å². The van der Waals surface area contributed by atoms with Gasteiger partial charge in [0.05, 0.1) is 19.8 Å². The third-order valence-electron chi connectivity index (χ3n) is 4.87. The molecule has 0 bridgehead atoms. The Bertz CT molecular complexity index is 780. The normalized spacial score (nSPS) is 16.1. The zero-order valence-corrected chi connectivity index (χ0v) is 20.2. The second kappa shape index (κ2) is 13.4. The van der Waals surface area contributed by atoms with Crippen LogP contribution in [0.4, 0.5) is 0 Å². The fourth-order valence-electron chi connectivity index (χ4n) is 3.21. The second-order valence-corrected chi connectivity index (χ2v) is 7.34. The number of rotatable bonds is 9. The van der Waals surface area contributed by atoms with E-state index in [2.05, 4.69) is 47.7 Å². The zero-order chi connectivity index (χ0) is 20.3. The number of hydrogen-bond donors (Lipinski definition) is 2. The standard InChI is InChI=1S/C23H32N4O2.HI/c1-3-24-23(26-12-9-21-6-4-5-11-25-21)27-15-20-8-7-18(2)14-22(20)29-17-19-10-13-28-16-19;/h4-8,11,14,19H,3,9-10,12-13,15-17H2,1-2H3,(H2,24,26,27);1H. The fourth-order valence-corrected chi connectivity index (χ4v) is 3.21. The first-order valence-corrected chi connectivity index (χ1v) is 10.5. The number of aryl methyl sites for hydroxylation is 1. The average Bonchev–Trinajstić information content (AvgIpc) is 3.26. The average molecular weight is 524 g/mol. The minimum atomic E-state index is 0. The van der Waals surface area contributed by atoms with E-state index in [0.717, 1.165) is 62.1 Å². The van der Waals surface area contributed by atoms with Crippen LogP contribution in [0.25, 0.3) is 0 Å². The van der Waals surface area contributed by atoms with Crippen LogP contribution in [0, 0.1) is 12.8 Å². The molecule has 1 aromatic heterocycles. The highest BCUT2D eigenvalue weighted by atomic mass is 127. The first kappa shape index (κ1) is 24.4. The van der Waals surface area contributed by atoms with Crippen molar-refractivity contribution in [3.8, 4) is 5.75 Å². The van der Waals surface area contributed by atoms with E-state index >= 15 is 0 Å². The maximum Gasteiger partial charge on any atom is 0.191 e. The lowest BCUT2D eigenvalue weighted by Crippen LogP contribution is -2.38. The molecule has 1 fully saturated rings. The van der Waals surface area contributed by atoms with E-state index in [1.807, 2.05) is 24.4 Å². The monoisotopic (exact) mass is 524 g/mol. The van der Waals surface area contributed by atoms with Crippen LogP contribution >= 0.6 is 24.0 Å². The van der Waals surface area contributed by atoms with Gasteiger partial charge in [-0.25, -0.2) is 4.99 Å². The second-order valence-electron chi connectivity index (χ2n) is 7.34. The lowest BCUT2D eigenvalue weighted by molar-refractivity contribution is 0.166. The summed E-state index contributed by atoms with van der Waals surface area (Å²) in [7, 11) is 0. The molecule has 2 heterocycles. The number of guanidine groups is 1. The maximum absolute atomic E-state index is 6.13. The molecule has 164 valence electrons. The van der Waals surface area contributed by atoms with Gasteiger partial charge in [0.2, 0.25) is 0 Å². The van der Waals surface area contributed by atoms with E-state index in [-0.39, 0.29) is 24.0 Å². The molecule has 0 aliphatic carbocycles. The van der Waals surface area contributed by atoms with Gasteiger partial charge in [-0.05, 0) is 44.0 Å². The predicted molar refractivity (Wildman–Crippen MR) is 132 cm³/mol. The van der Waals surface area contributed by atoms with Crippen molar-refractivity contribution < 1.29 is 9.47 Å². The molecule has 0 saturated carbocycles. The van der Waals surface area contributed by atoms with Crippen molar-refractivity contribution in [2.75, 3.05) is 32.9 Å². The van der Waals surface area contributed by atoms with Crippen LogP contribution < -0.4 is 15.4 Å². The van der Waals surface area contributed by atoms with Crippen molar-refractivity contribution in [1.82, 2.24) is 15.6 Å². The van der Waals surface area contributed by atoms with Crippen molar-refractivity contribution in [2.45, 2.75) is 33.2 Å². The Hall–Kier alpha value is -1.87. The summed E-state index contributed by atoms with van der Waals surface area (Å²) in [6, 6.07) is 12.3. The van der Waals surface area contributed by atoms with Crippen LogP contribution in [-0.4, -0.2) is 43.9 Å². The number of pyridine rings is 1. The number of aromatic nitrogens is 1. The Morgan fingerprint density at radius 1 is 1.27 bits per heavy atom. The van der Waals surface area contributed by atoms with Gasteiger partial charge in [0.25, 0.3) is 0 Å². The van der Waals surface area contributed by atoms with Gasteiger partial charge in [-0.15, -0.1) is 24.0 Å². The van der Waals surface area contributed by atoms with Crippen molar-refractivity contribution in [3.05, 3.63) is 59.4 Å². The molecule has 3 rings (SSSR count). The number of aliphatic imine (C=N–C) groups is 1. The van der Waals surface area contributed by atoms with Crippen molar-refractivity contribution in [2.24, 2.45) is 10.9 Å². The van der Waals surface area contributed by atoms with Gasteiger partial charge in [-0.2, -0.15) is 0 Å². The first-order valence-electron chi connectivity index (χ1n) is 10.5. The molecule has 2 aromatic rings. The van der Waals surface area contributed by atoms with Crippen LogP contribution in [-0.2, 0) is 17.7 Å². The molecule has 1 aliphatic rings. The Morgan fingerprint density at radius 3 is 2.90 bits per heavy atom.